The van der Waals surface area contributed by atoms with Gasteiger partial charge in [0.2, 0.25) is 0 Å². The lowest BCUT2D eigenvalue weighted by Crippen LogP contribution is -2.25. The second kappa shape index (κ2) is 9.04. The molecule has 5 aromatic rings. The predicted octanol–water partition coefficient (Wildman–Crippen LogP) is 4.22. The van der Waals surface area contributed by atoms with E-state index in [9.17, 15) is 9.18 Å². The molecule has 0 saturated heterocycles. The van der Waals surface area contributed by atoms with Gasteiger partial charge in [0.1, 0.15) is 5.82 Å². The van der Waals surface area contributed by atoms with Crippen LogP contribution in [0.4, 0.5) is 4.39 Å². The van der Waals surface area contributed by atoms with E-state index in [0.29, 0.717) is 23.4 Å². The van der Waals surface area contributed by atoms with Crippen LogP contribution in [0.5, 0.6) is 0 Å². The first-order chi connectivity index (χ1) is 16.2. The monoisotopic (exact) mass is 440 g/mol. The number of benzene rings is 2. The first kappa shape index (κ1) is 20.6. The molecule has 7 nitrogen and oxygen atoms in total. The lowest BCUT2D eigenvalue weighted by atomic mass is 10.1. The Labute approximate surface area is 189 Å². The second-order valence-electron chi connectivity index (χ2n) is 7.61. The maximum atomic E-state index is 14.0. The van der Waals surface area contributed by atoms with Crippen LogP contribution < -0.4 is 5.32 Å². The van der Waals surface area contributed by atoms with Gasteiger partial charge in [-0.05, 0) is 24.6 Å². The molecule has 0 spiro atoms. The third-order valence-corrected chi connectivity index (χ3v) is 5.29. The number of imidazole rings is 1. The van der Waals surface area contributed by atoms with Crippen LogP contribution in [0.25, 0.3) is 28.2 Å². The van der Waals surface area contributed by atoms with E-state index in [-0.39, 0.29) is 17.4 Å². The van der Waals surface area contributed by atoms with Gasteiger partial charge in [-0.1, -0.05) is 42.5 Å². The van der Waals surface area contributed by atoms with Crippen LogP contribution in [0.3, 0.4) is 0 Å². The first-order valence-electron chi connectivity index (χ1n) is 10.6. The van der Waals surface area contributed by atoms with E-state index in [1.54, 1.807) is 29.2 Å². The Balaban J connectivity index is 1.46. The normalized spacial score (nSPS) is 11.1. The van der Waals surface area contributed by atoms with Crippen molar-refractivity contribution in [2.75, 3.05) is 6.54 Å². The van der Waals surface area contributed by atoms with Gasteiger partial charge in [-0.3, -0.25) is 4.79 Å². The van der Waals surface area contributed by atoms with Gasteiger partial charge in [0.15, 0.2) is 11.3 Å². The van der Waals surface area contributed by atoms with Gasteiger partial charge in [0.25, 0.3) is 5.91 Å². The number of rotatable bonds is 7. The summed E-state index contributed by atoms with van der Waals surface area (Å²) in [6.45, 7) is 1.27. The largest absolute Gasteiger partial charge is 0.351 e. The number of amides is 1. The molecule has 0 unspecified atom stereocenters. The summed E-state index contributed by atoms with van der Waals surface area (Å²) in [6, 6.07) is 19.5. The van der Waals surface area contributed by atoms with Gasteiger partial charge in [0, 0.05) is 42.7 Å². The number of hydrogen-bond acceptors (Lipinski definition) is 4. The number of fused-ring (bicyclic) bond motifs is 1. The Morgan fingerprint density at radius 3 is 2.64 bits per heavy atom. The van der Waals surface area contributed by atoms with Crippen molar-refractivity contribution in [1.82, 2.24) is 29.5 Å². The third kappa shape index (κ3) is 4.50. The maximum Gasteiger partial charge on any atom is 0.271 e. The molecule has 1 amide bonds. The zero-order chi connectivity index (χ0) is 22.6. The lowest BCUT2D eigenvalue weighted by Gasteiger charge is -2.09. The van der Waals surface area contributed by atoms with Crippen molar-refractivity contribution in [1.29, 1.82) is 0 Å². The van der Waals surface area contributed by atoms with Crippen molar-refractivity contribution in [3.05, 3.63) is 97.0 Å². The molecule has 0 atom stereocenters. The Morgan fingerprint density at radius 1 is 1.00 bits per heavy atom. The molecular formula is C25H21FN6O. The number of carbonyl (C=O) groups is 1. The molecule has 2 aromatic carbocycles. The first-order valence-corrected chi connectivity index (χ1v) is 10.6. The summed E-state index contributed by atoms with van der Waals surface area (Å²) in [4.78, 5) is 21.5. The van der Waals surface area contributed by atoms with Gasteiger partial charge in [-0.25, -0.2) is 18.9 Å². The number of nitrogens with zero attached hydrogens (tertiary/aromatic N) is 5. The number of nitrogens with one attached hydrogen (secondary N) is 1. The Bertz CT molecular complexity index is 1400. The number of carbonyl (C=O) groups excluding carboxylic acids is 1. The SMILES string of the molecule is O=C(NCCCn1ccnc1)c1cc2nc(-c3ccccc3)cc(-c3cccc(F)c3)n2n1. The summed E-state index contributed by atoms with van der Waals surface area (Å²) in [5, 5.41) is 7.39. The van der Waals surface area contributed by atoms with E-state index in [1.165, 1.54) is 12.1 Å². The van der Waals surface area contributed by atoms with E-state index in [2.05, 4.69) is 15.4 Å². The van der Waals surface area contributed by atoms with E-state index in [4.69, 9.17) is 4.98 Å². The van der Waals surface area contributed by atoms with Crippen molar-refractivity contribution in [2.45, 2.75) is 13.0 Å². The fraction of sp³-hybridized carbons (Fsp3) is 0.120. The highest BCUT2D eigenvalue weighted by molar-refractivity contribution is 5.93. The predicted molar refractivity (Wildman–Crippen MR) is 123 cm³/mol. The van der Waals surface area contributed by atoms with E-state index < -0.39 is 0 Å². The van der Waals surface area contributed by atoms with Crippen LogP contribution in [-0.4, -0.2) is 36.6 Å². The fourth-order valence-corrected chi connectivity index (χ4v) is 3.67. The van der Waals surface area contributed by atoms with Crippen molar-refractivity contribution in [2.24, 2.45) is 0 Å². The minimum atomic E-state index is -0.346. The second-order valence-corrected chi connectivity index (χ2v) is 7.61. The summed E-state index contributed by atoms with van der Waals surface area (Å²) < 4.78 is 17.5. The summed E-state index contributed by atoms with van der Waals surface area (Å²) in [5.41, 5.74) is 3.71. The standard InChI is InChI=1S/C25H21FN6O/c26-20-9-4-8-19(14-20)23-15-21(18-6-2-1-3-7-18)29-24-16-22(30-32(23)24)25(33)28-10-5-12-31-13-11-27-17-31/h1-4,6-9,11,13-17H,5,10,12H2,(H,28,33). The number of hydrogen-bond donors (Lipinski definition) is 1. The molecule has 164 valence electrons. The molecule has 0 radical (unpaired) electrons. The summed E-state index contributed by atoms with van der Waals surface area (Å²) >= 11 is 0. The highest BCUT2D eigenvalue weighted by Gasteiger charge is 2.16. The van der Waals surface area contributed by atoms with Crippen LogP contribution >= 0.6 is 0 Å². The molecule has 0 aliphatic carbocycles. The van der Waals surface area contributed by atoms with Crippen LogP contribution in [-0.2, 0) is 6.54 Å². The van der Waals surface area contributed by atoms with Crippen molar-refractivity contribution in [3.63, 3.8) is 0 Å². The van der Waals surface area contributed by atoms with Crippen molar-refractivity contribution < 1.29 is 9.18 Å². The highest BCUT2D eigenvalue weighted by atomic mass is 19.1. The minimum Gasteiger partial charge on any atom is -0.351 e. The molecule has 0 fully saturated rings. The Hall–Kier alpha value is -4.33. The topological polar surface area (TPSA) is 77.1 Å². The van der Waals surface area contributed by atoms with Crippen molar-refractivity contribution in [3.8, 4) is 22.5 Å². The van der Waals surface area contributed by atoms with Crippen LogP contribution in [0.2, 0.25) is 0 Å². The van der Waals surface area contributed by atoms with Gasteiger partial charge in [-0.2, -0.15) is 5.10 Å². The highest BCUT2D eigenvalue weighted by Crippen LogP contribution is 2.27. The number of aromatic nitrogens is 5. The summed E-state index contributed by atoms with van der Waals surface area (Å²) in [7, 11) is 0. The van der Waals surface area contributed by atoms with Crippen LogP contribution in [0.15, 0.2) is 85.5 Å². The number of halogens is 1. The Morgan fingerprint density at radius 2 is 1.85 bits per heavy atom. The Kier molecular flexibility index (Phi) is 5.63. The maximum absolute atomic E-state index is 14.0. The van der Waals surface area contributed by atoms with Gasteiger partial charge < -0.3 is 9.88 Å². The molecule has 5 rings (SSSR count). The average molecular weight is 440 g/mol. The van der Waals surface area contributed by atoms with Gasteiger partial charge in [-0.15, -0.1) is 0 Å². The molecule has 0 bridgehead atoms. The zero-order valence-electron chi connectivity index (χ0n) is 17.7. The van der Waals surface area contributed by atoms with E-state index in [1.807, 2.05) is 53.2 Å². The van der Waals surface area contributed by atoms with Crippen molar-refractivity contribution >= 4 is 11.6 Å². The van der Waals surface area contributed by atoms with E-state index in [0.717, 1.165) is 24.2 Å². The zero-order valence-corrected chi connectivity index (χ0v) is 17.7. The van der Waals surface area contributed by atoms with Crippen LogP contribution in [0.1, 0.15) is 16.9 Å². The number of aryl methyl sites for hydroxylation is 1. The molecule has 8 heteroatoms. The van der Waals surface area contributed by atoms with Crippen LogP contribution in [0, 0.1) is 5.82 Å². The minimum absolute atomic E-state index is 0.257. The van der Waals surface area contributed by atoms with Gasteiger partial charge in [0.05, 0.1) is 17.7 Å². The molecule has 0 saturated carbocycles. The third-order valence-electron chi connectivity index (χ3n) is 5.29. The lowest BCUT2D eigenvalue weighted by molar-refractivity contribution is 0.0947. The molecule has 1 N–H and O–H groups in total. The molecule has 0 aliphatic heterocycles. The summed E-state index contributed by atoms with van der Waals surface area (Å²) in [6.07, 6.45) is 6.12. The molecular weight excluding hydrogens is 419 g/mol. The van der Waals surface area contributed by atoms with Gasteiger partial charge >= 0.3 is 0 Å². The molecule has 3 heterocycles. The quantitative estimate of drug-likeness (QED) is 0.385. The molecule has 33 heavy (non-hydrogen) atoms. The molecule has 3 aromatic heterocycles. The van der Waals surface area contributed by atoms with E-state index >= 15 is 0 Å². The summed E-state index contributed by atoms with van der Waals surface area (Å²) in [5.74, 6) is -0.626. The smallest absolute Gasteiger partial charge is 0.271 e. The molecule has 0 aliphatic rings. The fourth-order valence-electron chi connectivity index (χ4n) is 3.67. The average Bonchev–Trinajstić information content (AvgIpc) is 3.51.